The largest absolute Gasteiger partial charge is 0.456 e. The Labute approximate surface area is 562 Å². The second kappa shape index (κ2) is 34.7. The van der Waals surface area contributed by atoms with Crippen molar-refractivity contribution in [3.8, 4) is 33.4 Å². The lowest BCUT2D eigenvalue weighted by molar-refractivity contribution is 0.385. The van der Waals surface area contributed by atoms with Gasteiger partial charge in [0.05, 0.1) is 5.48 Å². The highest BCUT2D eigenvalue weighted by atomic mass is 32.1. The third-order valence-electron chi connectivity index (χ3n) is 14.0. The number of aryl methyl sites for hydroxylation is 5. The van der Waals surface area contributed by atoms with E-state index < -0.39 is 69.2 Å². The number of furan rings is 1. The molecule has 0 aliphatic heterocycles. The second-order valence-electron chi connectivity index (χ2n) is 21.1. The van der Waals surface area contributed by atoms with Crippen molar-refractivity contribution in [2.24, 2.45) is 11.8 Å². The van der Waals surface area contributed by atoms with Crippen LogP contribution in [0.1, 0.15) is 140 Å². The van der Waals surface area contributed by atoms with E-state index in [1.807, 2.05) is 59.9 Å². The van der Waals surface area contributed by atoms with Crippen LogP contribution in [0.15, 0.2) is 277 Å². The molecule has 0 saturated heterocycles. The van der Waals surface area contributed by atoms with E-state index in [1.54, 1.807) is 13.8 Å². The summed E-state index contributed by atoms with van der Waals surface area (Å²) in [4.78, 5) is 0. The first-order valence-electron chi connectivity index (χ1n) is 40.5. The third-order valence-corrected chi connectivity index (χ3v) is 15.1. The van der Waals surface area contributed by atoms with Crippen molar-refractivity contribution in [3.05, 3.63) is 312 Å². The van der Waals surface area contributed by atoms with Crippen LogP contribution in [-0.4, -0.2) is 0 Å². The molecule has 2 aliphatic rings. The normalized spacial score (nSPS) is 21.4. The van der Waals surface area contributed by atoms with Crippen LogP contribution in [0.25, 0.3) is 75.5 Å². The number of thiophene rings is 1. The van der Waals surface area contributed by atoms with Gasteiger partial charge in [0.1, 0.15) is 11.2 Å². The monoisotopic (exact) mass is 1190 g/mol. The van der Waals surface area contributed by atoms with Gasteiger partial charge in [-0.3, -0.25) is 0 Å². The van der Waals surface area contributed by atoms with Crippen molar-refractivity contribution in [2.75, 3.05) is 0 Å². The van der Waals surface area contributed by atoms with Crippen LogP contribution < -0.4 is 0 Å². The Morgan fingerprint density at radius 3 is 1.40 bits per heavy atom. The van der Waals surface area contributed by atoms with Gasteiger partial charge < -0.3 is 4.42 Å². The summed E-state index contributed by atoms with van der Waals surface area (Å²) in [7, 11) is 0. The van der Waals surface area contributed by atoms with Crippen molar-refractivity contribution >= 4 is 53.4 Å². The number of hydrogen-bond donors (Lipinski definition) is 0. The van der Waals surface area contributed by atoms with E-state index in [4.69, 9.17) is 34.6 Å². The Morgan fingerprint density at radius 1 is 0.352 bits per heavy atom. The summed E-state index contributed by atoms with van der Waals surface area (Å²) in [5.41, 5.74) is 17.2. The summed E-state index contributed by atoms with van der Waals surface area (Å²) in [6, 6.07) is 86.5. The molecule has 0 amide bonds. The van der Waals surface area contributed by atoms with Crippen LogP contribution in [-0.2, 0) is 0 Å². The van der Waals surface area contributed by atoms with Crippen molar-refractivity contribution in [2.45, 2.75) is 120 Å². The van der Waals surface area contributed by atoms with Crippen LogP contribution in [0.2, 0.25) is 0 Å². The van der Waals surface area contributed by atoms with Gasteiger partial charge in [-0.15, -0.1) is 11.3 Å². The molecule has 2 saturated carbocycles. The minimum atomic E-state index is -3.26. The van der Waals surface area contributed by atoms with E-state index in [1.165, 1.54) is 99.1 Å². The fourth-order valence-electron chi connectivity index (χ4n) is 9.49. The number of rotatable bonds is 3. The van der Waals surface area contributed by atoms with Crippen LogP contribution in [0.5, 0.6) is 0 Å². The number of benzene rings is 11. The molecule has 0 atom stereocenters. The van der Waals surface area contributed by atoms with Crippen LogP contribution in [0.4, 0.5) is 0 Å². The highest BCUT2D eigenvalue weighted by Crippen LogP contribution is 2.36. The first-order chi connectivity index (χ1) is 51.3. The van der Waals surface area contributed by atoms with E-state index in [2.05, 4.69) is 235 Å². The van der Waals surface area contributed by atoms with Gasteiger partial charge in [0, 0.05) is 55.6 Å². The average molecular weight is 1200 g/mol. The lowest BCUT2D eigenvalue weighted by Crippen LogP contribution is -1.99. The molecule has 88 heavy (non-hydrogen) atoms. The lowest BCUT2D eigenvalue weighted by atomic mass is 9.91. The summed E-state index contributed by atoms with van der Waals surface area (Å²) >= 11 is 1.88. The summed E-state index contributed by atoms with van der Waals surface area (Å²) < 4.78 is 172. The fraction of sp³-hybridized carbons (Fsp3) is 0.233. The molecule has 0 bridgehead atoms. The molecule has 2 heterocycles. The molecule has 13 aromatic rings. The maximum Gasteiger partial charge on any atom is 0.135 e. The SMILES string of the molecule is Cc1ccc(-c2ccccc2)cc1.Cc1cccc(-c2ccccc2)c1.Cc1cccc2oc3ccccc3c12.Cc1cccc2sc3ccccc3c12.Cc1ccccc1-c1ccccc1.[2H]C1([2H])C(C)C([2H])([2H])C([2H])([2H])C([2H])([2H])C1([2H])[2H].[2H]C1([2H])C(C)C([2H])([2H])C([2H])([2H])C1([2H])[2H].[2H]c1c([2H])c(C)c([2H])c(C)c1[2H]. The first-order valence-corrected chi connectivity index (χ1v) is 30.3. The molecule has 0 spiro atoms. The minimum absolute atomic E-state index is 0.00407. The molecule has 15 rings (SSSR count). The molecule has 2 heteroatoms. The van der Waals surface area contributed by atoms with Crippen LogP contribution in [0.3, 0.4) is 0 Å². The highest BCUT2D eigenvalue weighted by molar-refractivity contribution is 7.25. The van der Waals surface area contributed by atoms with Gasteiger partial charge in [0.15, 0.2) is 0 Å². The number of fused-ring (bicyclic) bond motifs is 6. The van der Waals surface area contributed by atoms with Gasteiger partial charge >= 0.3 is 0 Å². The predicted octanol–water partition coefficient (Wildman–Crippen LogP) is 26.3. The zero-order valence-corrected chi connectivity index (χ0v) is 52.5. The van der Waals surface area contributed by atoms with E-state index in [9.17, 15) is 0 Å². The highest BCUT2D eigenvalue weighted by Gasteiger charge is 2.10. The molecule has 0 unspecified atom stereocenters. The number of para-hydroxylation sites is 1. The molecule has 2 aliphatic carbocycles. The zero-order chi connectivity index (χ0) is 81.5. The van der Waals surface area contributed by atoms with Crippen molar-refractivity contribution < 1.29 is 34.6 Å². The van der Waals surface area contributed by atoms with Gasteiger partial charge in [0.25, 0.3) is 0 Å². The van der Waals surface area contributed by atoms with Crippen LogP contribution in [0, 0.1) is 60.3 Å². The van der Waals surface area contributed by atoms with Crippen molar-refractivity contribution in [1.29, 1.82) is 0 Å². The summed E-state index contributed by atoms with van der Waals surface area (Å²) in [6.07, 6.45) is -25.7. The number of hydrogen-bond acceptors (Lipinski definition) is 2. The third kappa shape index (κ3) is 20.3. The van der Waals surface area contributed by atoms with Crippen LogP contribution >= 0.6 is 11.3 Å². The van der Waals surface area contributed by atoms with Gasteiger partial charge in [0.2, 0.25) is 0 Å². The van der Waals surface area contributed by atoms with Gasteiger partial charge in [-0.25, -0.2) is 0 Å². The lowest BCUT2D eigenvalue weighted by Gasteiger charge is -2.15. The molecule has 2 aromatic heterocycles. The standard InChI is InChI=1S/C13H10O.C13H10S.3C13H12.C8H10.C7H14.C6H12/c2*1-9-5-4-8-12-13(9)10-6-2-3-7-11(10)14-12;1-11-7-5-6-10-13(11)12-8-3-2-4-9-12;1-11-6-5-9-13(10-11)12-7-3-2-4-8-12;1-11-7-9-13(10-8-11)12-5-3-2-4-6-12;1-7-4-3-5-8(2)6-7;1-7-5-3-2-4-6-7;1-6-4-2-3-5-6/h2*2-8H,1H3;3*2-10H,1H3;3-6H,1-2H3;7H,2-6H2,1H3;6H,2-5H2,1H3/i;;;;;3D,4D,5D,6D;2D2,3D2,4D2,5D2,6D2;2D2,3D2,4D2,5D2. The second-order valence-corrected chi connectivity index (χ2v) is 22.2. The minimum Gasteiger partial charge on any atom is -0.456 e. The maximum atomic E-state index is 7.57. The molecule has 11 aromatic carbocycles. The Kier molecular flexibility index (Phi) is 16.4. The Hall–Kier alpha value is -8.56. The van der Waals surface area contributed by atoms with Gasteiger partial charge in [-0.1, -0.05) is 342 Å². The molecule has 0 radical (unpaired) electrons. The van der Waals surface area contributed by atoms with Crippen molar-refractivity contribution in [3.63, 3.8) is 0 Å². The molecule has 0 N–H and O–H groups in total. The maximum absolute atomic E-state index is 7.57. The van der Waals surface area contributed by atoms with E-state index >= 15 is 0 Å². The molecular weight excluding hydrogens is 1080 g/mol. The molecule has 1 nitrogen and oxygen atoms in total. The summed E-state index contributed by atoms with van der Waals surface area (Å²) in [5, 5.41) is 5.27. The predicted molar refractivity (Wildman–Crippen MR) is 388 cm³/mol. The fourth-order valence-corrected chi connectivity index (χ4v) is 10.7. The Balaban J connectivity index is 0.000000158. The van der Waals surface area contributed by atoms with E-state index in [-0.39, 0.29) is 24.2 Å². The Bertz CT molecular complexity index is 4980. The molecular formula is C86H92OS. The van der Waals surface area contributed by atoms with E-state index in [0.717, 1.165) is 18.1 Å². The smallest absolute Gasteiger partial charge is 0.135 e. The van der Waals surface area contributed by atoms with Gasteiger partial charge in [-0.05, 0) is 135 Å². The van der Waals surface area contributed by atoms with E-state index in [0.29, 0.717) is 11.1 Å². The molecule has 2 fully saturated rings. The first kappa shape index (κ1) is 41.6. The Morgan fingerprint density at radius 2 is 0.795 bits per heavy atom. The summed E-state index contributed by atoms with van der Waals surface area (Å²) in [5.74, 6) is -2.93. The topological polar surface area (TPSA) is 13.1 Å². The van der Waals surface area contributed by atoms with Gasteiger partial charge in [-0.2, -0.15) is 0 Å². The molecule has 448 valence electrons. The quantitative estimate of drug-likeness (QED) is 0.172. The zero-order valence-electron chi connectivity index (χ0n) is 73.6. The summed E-state index contributed by atoms with van der Waals surface area (Å²) in [6.45, 7) is 16.2. The van der Waals surface area contributed by atoms with Crippen molar-refractivity contribution in [1.82, 2.24) is 0 Å². The average Bonchev–Trinajstić information content (AvgIpc) is 1.65.